The molecule has 0 spiro atoms. The third kappa shape index (κ3) is 2.74. The van der Waals surface area contributed by atoms with Crippen molar-refractivity contribution in [3.63, 3.8) is 0 Å². The highest BCUT2D eigenvalue weighted by atomic mass is 35.5. The van der Waals surface area contributed by atoms with E-state index < -0.39 is 0 Å². The zero-order valence-corrected chi connectivity index (χ0v) is 9.97. The molecule has 1 heterocycles. The highest BCUT2D eigenvalue weighted by Gasteiger charge is 2.18. The van der Waals surface area contributed by atoms with Gasteiger partial charge in [0, 0.05) is 17.6 Å². The van der Waals surface area contributed by atoms with Crippen LogP contribution >= 0.6 is 11.6 Å². The van der Waals surface area contributed by atoms with Crippen LogP contribution in [0.25, 0.3) is 0 Å². The van der Waals surface area contributed by atoms with Gasteiger partial charge in [-0.2, -0.15) is 0 Å². The van der Waals surface area contributed by atoms with Crippen LogP contribution in [0.1, 0.15) is 11.1 Å². The van der Waals surface area contributed by atoms with Crippen LogP contribution in [0, 0.1) is 6.92 Å². The molecular weight excluding hydrogens is 224 g/mol. The molecule has 0 saturated carbocycles. The van der Waals surface area contributed by atoms with Crippen molar-refractivity contribution in [3.8, 4) is 0 Å². The van der Waals surface area contributed by atoms with Gasteiger partial charge in [-0.15, -0.1) is 0 Å². The number of hydrogen-bond donors (Lipinski definition) is 2. The number of halogens is 1. The monoisotopic (exact) mass is 238 g/mol. The molecule has 2 rings (SSSR count). The van der Waals surface area contributed by atoms with Gasteiger partial charge in [-0.25, -0.2) is 0 Å². The smallest absolute Gasteiger partial charge is 0.234 e. The van der Waals surface area contributed by atoms with Crippen LogP contribution in [-0.4, -0.2) is 25.0 Å². The number of aryl methyl sites for hydroxylation is 1. The molecule has 0 bridgehead atoms. The Hall–Kier alpha value is -1.06. The van der Waals surface area contributed by atoms with E-state index in [-0.39, 0.29) is 11.9 Å². The van der Waals surface area contributed by atoms with E-state index in [1.165, 1.54) is 11.1 Å². The molecular formula is C12H15ClN2O. The molecule has 1 atom stereocenters. The summed E-state index contributed by atoms with van der Waals surface area (Å²) in [5.41, 5.74) is 2.41. The maximum Gasteiger partial charge on any atom is 0.234 e. The minimum atomic E-state index is 0.0721. The van der Waals surface area contributed by atoms with Crippen molar-refractivity contribution >= 4 is 17.5 Å². The molecule has 0 radical (unpaired) electrons. The molecule has 0 aromatic heterocycles. The summed E-state index contributed by atoms with van der Waals surface area (Å²) in [6.07, 6.45) is 0.849. The lowest BCUT2D eigenvalue weighted by molar-refractivity contribution is -0.122. The normalized spacial score (nSPS) is 20.6. The van der Waals surface area contributed by atoms with Crippen LogP contribution in [-0.2, 0) is 11.2 Å². The lowest BCUT2D eigenvalue weighted by Gasteiger charge is -2.24. The van der Waals surface area contributed by atoms with Crippen molar-refractivity contribution in [1.82, 2.24) is 10.6 Å². The van der Waals surface area contributed by atoms with Crippen molar-refractivity contribution in [1.29, 1.82) is 0 Å². The lowest BCUT2D eigenvalue weighted by atomic mass is 10.0. The number of hydrogen-bond acceptors (Lipinski definition) is 2. The average molecular weight is 239 g/mol. The zero-order chi connectivity index (χ0) is 11.5. The number of nitrogens with one attached hydrogen (secondary N) is 2. The zero-order valence-electron chi connectivity index (χ0n) is 9.22. The summed E-state index contributed by atoms with van der Waals surface area (Å²) in [7, 11) is 0. The van der Waals surface area contributed by atoms with Gasteiger partial charge in [0.05, 0.1) is 6.54 Å². The van der Waals surface area contributed by atoms with Crippen molar-refractivity contribution in [3.05, 3.63) is 34.3 Å². The summed E-state index contributed by atoms with van der Waals surface area (Å²) in [6.45, 7) is 3.29. The summed E-state index contributed by atoms with van der Waals surface area (Å²) in [5.74, 6) is 0.0721. The van der Waals surface area contributed by atoms with Gasteiger partial charge in [-0.3, -0.25) is 4.79 Å². The van der Waals surface area contributed by atoms with E-state index in [4.69, 9.17) is 11.6 Å². The second-order valence-electron chi connectivity index (χ2n) is 4.17. The minimum absolute atomic E-state index is 0.0721. The van der Waals surface area contributed by atoms with Gasteiger partial charge in [-0.1, -0.05) is 17.7 Å². The van der Waals surface area contributed by atoms with Crippen LogP contribution < -0.4 is 10.6 Å². The van der Waals surface area contributed by atoms with Crippen LogP contribution in [0.2, 0.25) is 5.02 Å². The Labute approximate surface area is 100 Å². The van der Waals surface area contributed by atoms with E-state index in [2.05, 4.69) is 10.6 Å². The van der Waals surface area contributed by atoms with Crippen molar-refractivity contribution in [2.75, 3.05) is 13.1 Å². The number of piperazine rings is 1. The van der Waals surface area contributed by atoms with E-state index >= 15 is 0 Å². The van der Waals surface area contributed by atoms with Gasteiger partial charge in [0.2, 0.25) is 5.91 Å². The lowest BCUT2D eigenvalue weighted by Crippen LogP contribution is -2.53. The number of carbonyl (C=O) groups is 1. The van der Waals surface area contributed by atoms with Gasteiger partial charge >= 0.3 is 0 Å². The van der Waals surface area contributed by atoms with Gasteiger partial charge in [0.1, 0.15) is 0 Å². The van der Waals surface area contributed by atoms with Gasteiger partial charge in [0.25, 0.3) is 0 Å². The van der Waals surface area contributed by atoms with Gasteiger partial charge in [0.15, 0.2) is 0 Å². The molecule has 86 valence electrons. The third-order valence-electron chi connectivity index (χ3n) is 2.81. The quantitative estimate of drug-likeness (QED) is 0.815. The van der Waals surface area contributed by atoms with E-state index in [0.29, 0.717) is 6.54 Å². The first-order valence-electron chi connectivity index (χ1n) is 5.40. The van der Waals surface area contributed by atoms with E-state index in [1.54, 1.807) is 0 Å². The van der Waals surface area contributed by atoms with Crippen LogP contribution in [0.4, 0.5) is 0 Å². The van der Waals surface area contributed by atoms with Gasteiger partial charge in [-0.05, 0) is 36.6 Å². The summed E-state index contributed by atoms with van der Waals surface area (Å²) < 4.78 is 0. The molecule has 1 aromatic carbocycles. The maximum atomic E-state index is 11.2. The first kappa shape index (κ1) is 11.4. The highest BCUT2D eigenvalue weighted by Crippen LogP contribution is 2.16. The summed E-state index contributed by atoms with van der Waals surface area (Å²) >= 11 is 5.90. The summed E-state index contributed by atoms with van der Waals surface area (Å²) in [6, 6.07) is 6.05. The average Bonchev–Trinajstić information content (AvgIpc) is 2.22. The number of amides is 1. The fourth-order valence-corrected chi connectivity index (χ4v) is 2.19. The predicted molar refractivity (Wildman–Crippen MR) is 64.7 cm³/mol. The SMILES string of the molecule is Cc1cc(Cl)ccc1CC1CNCC(=O)N1. The first-order chi connectivity index (χ1) is 7.65. The van der Waals surface area contributed by atoms with E-state index in [9.17, 15) is 4.79 Å². The molecule has 1 aliphatic heterocycles. The topological polar surface area (TPSA) is 41.1 Å². The molecule has 0 aliphatic carbocycles. The van der Waals surface area contributed by atoms with Crippen molar-refractivity contribution < 1.29 is 4.79 Å². The Bertz CT molecular complexity index is 406. The van der Waals surface area contributed by atoms with Crippen molar-refractivity contribution in [2.24, 2.45) is 0 Å². The Morgan fingerprint density at radius 2 is 2.31 bits per heavy atom. The molecule has 1 unspecified atom stereocenters. The van der Waals surface area contributed by atoms with Gasteiger partial charge < -0.3 is 10.6 Å². The molecule has 1 fully saturated rings. The summed E-state index contributed by atoms with van der Waals surface area (Å²) in [5, 5.41) is 6.83. The van der Waals surface area contributed by atoms with Crippen LogP contribution in [0.15, 0.2) is 18.2 Å². The number of carbonyl (C=O) groups excluding carboxylic acids is 1. The molecule has 1 amide bonds. The number of rotatable bonds is 2. The Morgan fingerprint density at radius 1 is 1.50 bits per heavy atom. The molecule has 1 aliphatic rings. The first-order valence-corrected chi connectivity index (χ1v) is 5.78. The van der Waals surface area contributed by atoms with E-state index in [1.807, 2.05) is 25.1 Å². The highest BCUT2D eigenvalue weighted by molar-refractivity contribution is 6.30. The second kappa shape index (κ2) is 4.85. The minimum Gasteiger partial charge on any atom is -0.351 e. The standard InChI is InChI=1S/C12H15ClN2O/c1-8-4-10(13)3-2-9(8)5-11-6-14-7-12(16)15-11/h2-4,11,14H,5-7H2,1H3,(H,15,16). The summed E-state index contributed by atoms with van der Waals surface area (Å²) in [4.78, 5) is 11.2. The fraction of sp³-hybridized carbons (Fsp3) is 0.417. The third-order valence-corrected chi connectivity index (χ3v) is 3.05. The molecule has 1 saturated heterocycles. The Morgan fingerprint density at radius 3 is 3.00 bits per heavy atom. The number of benzene rings is 1. The maximum absolute atomic E-state index is 11.2. The molecule has 3 nitrogen and oxygen atoms in total. The van der Waals surface area contributed by atoms with Crippen molar-refractivity contribution in [2.45, 2.75) is 19.4 Å². The molecule has 4 heteroatoms. The van der Waals surface area contributed by atoms with E-state index in [0.717, 1.165) is 18.0 Å². The molecule has 1 aromatic rings. The second-order valence-corrected chi connectivity index (χ2v) is 4.61. The predicted octanol–water partition coefficient (Wildman–Crippen LogP) is 1.28. The molecule has 2 N–H and O–H groups in total. The largest absolute Gasteiger partial charge is 0.351 e. The fourth-order valence-electron chi connectivity index (χ4n) is 1.97. The molecule has 16 heavy (non-hydrogen) atoms. The Kier molecular flexibility index (Phi) is 3.46. The van der Waals surface area contributed by atoms with Crippen LogP contribution in [0.5, 0.6) is 0 Å². The Balaban J connectivity index is 2.05. The van der Waals surface area contributed by atoms with Crippen LogP contribution in [0.3, 0.4) is 0 Å².